The number of carbonyl (C=O) groups is 2. The van der Waals surface area contributed by atoms with E-state index in [9.17, 15) is 18.0 Å². The van der Waals surface area contributed by atoms with Crippen LogP contribution in [0.15, 0.2) is 107 Å². The van der Waals surface area contributed by atoms with Gasteiger partial charge in [-0.1, -0.05) is 48.0 Å². The maximum Gasteiger partial charge on any atom is 0.264 e. The summed E-state index contributed by atoms with van der Waals surface area (Å²) in [4.78, 5) is 25.1. The molecule has 0 radical (unpaired) electrons. The van der Waals surface area contributed by atoms with E-state index in [0.717, 1.165) is 21.9 Å². The fourth-order valence-corrected chi connectivity index (χ4v) is 5.75. The third-order valence-electron chi connectivity index (χ3n) is 6.78. The molecule has 0 aliphatic heterocycles. The SMILES string of the molecule is COc1ccc(N(CC(=O)N/N=C\c2ccc(OCC(=O)NCCc3ccccc3)cc2)S(=O)(=O)c2ccc(C)cc2)c(OC)c1. The molecule has 0 saturated carbocycles. The Bertz CT molecular complexity index is 1740. The van der Waals surface area contributed by atoms with Gasteiger partial charge in [0, 0.05) is 12.6 Å². The molecule has 0 aliphatic rings. The predicted molar refractivity (Wildman–Crippen MR) is 176 cm³/mol. The van der Waals surface area contributed by atoms with Crippen LogP contribution in [0.5, 0.6) is 17.2 Å². The summed E-state index contributed by atoms with van der Waals surface area (Å²) in [6.45, 7) is 1.66. The number of anilines is 1. The van der Waals surface area contributed by atoms with Gasteiger partial charge in [0.25, 0.3) is 21.8 Å². The highest BCUT2D eigenvalue weighted by atomic mass is 32.2. The highest BCUT2D eigenvalue weighted by Crippen LogP contribution is 2.35. The van der Waals surface area contributed by atoms with E-state index in [-0.39, 0.29) is 28.8 Å². The highest BCUT2D eigenvalue weighted by molar-refractivity contribution is 7.92. The number of hydrogen-bond donors (Lipinski definition) is 2. The van der Waals surface area contributed by atoms with Gasteiger partial charge in [0.2, 0.25) is 0 Å². The van der Waals surface area contributed by atoms with Crippen molar-refractivity contribution in [2.24, 2.45) is 5.10 Å². The summed E-state index contributed by atoms with van der Waals surface area (Å²) in [6, 6.07) is 27.6. The average Bonchev–Trinajstić information content (AvgIpc) is 3.07. The molecular weight excluding hydrogens is 608 g/mol. The third kappa shape index (κ3) is 9.32. The molecule has 0 aromatic heterocycles. The van der Waals surface area contributed by atoms with Crippen molar-refractivity contribution in [3.8, 4) is 17.2 Å². The number of nitrogens with zero attached hydrogens (tertiary/aromatic N) is 2. The van der Waals surface area contributed by atoms with Crippen molar-refractivity contribution < 1.29 is 32.2 Å². The molecule has 0 aliphatic carbocycles. The standard InChI is InChI=1S/C34H36N4O7S/c1-25-9-16-30(17-10-25)46(41,42)38(31-18-15-29(43-2)21-32(31)44-3)23-33(39)37-36-22-27-11-13-28(14-12-27)45-24-34(40)35-20-19-26-7-5-4-6-8-26/h4-18,21-22H,19-20,23-24H2,1-3H3,(H,35,40)(H,37,39)/b36-22-. The topological polar surface area (TPSA) is 136 Å². The van der Waals surface area contributed by atoms with E-state index < -0.39 is 22.5 Å². The zero-order valence-electron chi connectivity index (χ0n) is 25.8. The van der Waals surface area contributed by atoms with Gasteiger partial charge in [-0.2, -0.15) is 5.10 Å². The molecular formula is C34H36N4O7S. The molecule has 12 heteroatoms. The summed E-state index contributed by atoms with van der Waals surface area (Å²) in [5, 5.41) is 6.81. The number of rotatable bonds is 15. The molecule has 0 saturated heterocycles. The Hall–Kier alpha value is -5.36. The summed E-state index contributed by atoms with van der Waals surface area (Å²) in [7, 11) is -1.29. The van der Waals surface area contributed by atoms with Crippen molar-refractivity contribution >= 4 is 33.7 Å². The Labute approximate surface area is 268 Å². The van der Waals surface area contributed by atoms with Gasteiger partial charge in [0.05, 0.1) is 31.0 Å². The number of hydrogen-bond acceptors (Lipinski definition) is 8. The van der Waals surface area contributed by atoms with Gasteiger partial charge in [-0.3, -0.25) is 13.9 Å². The van der Waals surface area contributed by atoms with Gasteiger partial charge in [0.1, 0.15) is 23.8 Å². The van der Waals surface area contributed by atoms with E-state index in [1.165, 1.54) is 44.7 Å². The van der Waals surface area contributed by atoms with Gasteiger partial charge in [-0.15, -0.1) is 0 Å². The Morgan fingerprint density at radius 2 is 1.54 bits per heavy atom. The molecule has 0 unspecified atom stereocenters. The molecule has 46 heavy (non-hydrogen) atoms. The molecule has 2 amide bonds. The van der Waals surface area contributed by atoms with E-state index in [2.05, 4.69) is 15.8 Å². The van der Waals surface area contributed by atoms with E-state index in [0.29, 0.717) is 23.6 Å². The number of methoxy groups -OCH3 is 2. The lowest BCUT2D eigenvalue weighted by Crippen LogP contribution is -2.39. The van der Waals surface area contributed by atoms with Crippen LogP contribution >= 0.6 is 0 Å². The Morgan fingerprint density at radius 1 is 0.848 bits per heavy atom. The van der Waals surface area contributed by atoms with Crippen LogP contribution in [-0.2, 0) is 26.0 Å². The van der Waals surface area contributed by atoms with Crippen LogP contribution < -0.4 is 29.3 Å². The zero-order valence-corrected chi connectivity index (χ0v) is 26.6. The summed E-state index contributed by atoms with van der Waals surface area (Å²) in [6.07, 6.45) is 2.14. The number of ether oxygens (including phenoxy) is 3. The van der Waals surface area contributed by atoms with Crippen LogP contribution in [-0.4, -0.2) is 60.4 Å². The van der Waals surface area contributed by atoms with Gasteiger partial charge in [-0.25, -0.2) is 13.8 Å². The van der Waals surface area contributed by atoms with Crippen molar-refractivity contribution in [1.82, 2.24) is 10.7 Å². The largest absolute Gasteiger partial charge is 0.497 e. The van der Waals surface area contributed by atoms with Crippen molar-refractivity contribution in [2.45, 2.75) is 18.2 Å². The molecule has 11 nitrogen and oxygen atoms in total. The first-order chi connectivity index (χ1) is 22.2. The number of nitrogens with one attached hydrogen (secondary N) is 2. The van der Waals surface area contributed by atoms with E-state index in [4.69, 9.17) is 14.2 Å². The number of amides is 2. The predicted octanol–water partition coefficient (Wildman–Crippen LogP) is 4.10. The Balaban J connectivity index is 1.35. The van der Waals surface area contributed by atoms with Crippen LogP contribution in [0.25, 0.3) is 0 Å². The summed E-state index contributed by atoms with van der Waals surface area (Å²) < 4.78 is 44.6. The number of sulfonamides is 1. The Morgan fingerprint density at radius 3 is 2.22 bits per heavy atom. The summed E-state index contributed by atoms with van der Waals surface area (Å²) in [5.74, 6) is 0.252. The van der Waals surface area contributed by atoms with Crippen molar-refractivity contribution in [2.75, 3.05) is 38.2 Å². The molecule has 0 fully saturated rings. The monoisotopic (exact) mass is 644 g/mol. The van der Waals surface area contributed by atoms with Crippen LogP contribution in [0.3, 0.4) is 0 Å². The van der Waals surface area contributed by atoms with Gasteiger partial charge >= 0.3 is 0 Å². The van der Waals surface area contributed by atoms with Gasteiger partial charge in [0.15, 0.2) is 6.61 Å². The number of benzene rings is 4. The molecule has 0 bridgehead atoms. The summed E-state index contributed by atoms with van der Waals surface area (Å²) >= 11 is 0. The van der Waals surface area contributed by atoms with Crippen molar-refractivity contribution in [3.05, 3.63) is 114 Å². The van der Waals surface area contributed by atoms with E-state index in [1.807, 2.05) is 37.3 Å². The van der Waals surface area contributed by atoms with Crippen LogP contribution in [0.2, 0.25) is 0 Å². The van der Waals surface area contributed by atoms with Crippen LogP contribution in [0.4, 0.5) is 5.69 Å². The lowest BCUT2D eigenvalue weighted by Gasteiger charge is -2.25. The lowest BCUT2D eigenvalue weighted by molar-refractivity contribution is -0.123. The minimum atomic E-state index is -4.17. The maximum absolute atomic E-state index is 13.7. The number of hydrazone groups is 1. The third-order valence-corrected chi connectivity index (χ3v) is 8.56. The van der Waals surface area contributed by atoms with Crippen molar-refractivity contribution in [1.29, 1.82) is 0 Å². The maximum atomic E-state index is 13.7. The van der Waals surface area contributed by atoms with Gasteiger partial charge < -0.3 is 19.5 Å². The average molecular weight is 645 g/mol. The molecule has 0 atom stereocenters. The minimum Gasteiger partial charge on any atom is -0.497 e. The second-order valence-corrected chi connectivity index (χ2v) is 12.0. The summed E-state index contributed by atoms with van der Waals surface area (Å²) in [5.41, 5.74) is 5.21. The first-order valence-corrected chi connectivity index (χ1v) is 15.8. The lowest BCUT2D eigenvalue weighted by atomic mass is 10.1. The molecule has 2 N–H and O–H groups in total. The van der Waals surface area contributed by atoms with E-state index >= 15 is 0 Å². The normalized spacial score (nSPS) is 11.1. The molecule has 4 rings (SSSR count). The first-order valence-electron chi connectivity index (χ1n) is 14.4. The second-order valence-electron chi connectivity index (χ2n) is 10.1. The molecule has 4 aromatic carbocycles. The van der Waals surface area contributed by atoms with Crippen LogP contribution in [0, 0.1) is 6.92 Å². The highest BCUT2D eigenvalue weighted by Gasteiger charge is 2.29. The quantitative estimate of drug-likeness (QED) is 0.147. The molecule has 0 spiro atoms. The van der Waals surface area contributed by atoms with Gasteiger partial charge in [-0.05, 0) is 73.0 Å². The molecule has 0 heterocycles. The van der Waals surface area contributed by atoms with Crippen molar-refractivity contribution in [3.63, 3.8) is 0 Å². The fraction of sp³-hybridized carbons (Fsp3) is 0.206. The first kappa shape index (κ1) is 33.5. The molecule has 240 valence electrons. The smallest absolute Gasteiger partial charge is 0.264 e. The second kappa shape index (κ2) is 16.1. The molecule has 4 aromatic rings. The zero-order chi connectivity index (χ0) is 32.9. The van der Waals surface area contributed by atoms with E-state index in [1.54, 1.807) is 42.5 Å². The minimum absolute atomic E-state index is 0.0132. The van der Waals surface area contributed by atoms with Crippen LogP contribution in [0.1, 0.15) is 16.7 Å². The fourth-order valence-electron chi connectivity index (χ4n) is 4.31. The Kier molecular flexibility index (Phi) is 11.7. The number of carbonyl (C=O) groups excluding carboxylic acids is 2. The number of aryl methyl sites for hydroxylation is 1.